The maximum atomic E-state index is 11.9. The highest BCUT2D eigenvalue weighted by atomic mass is 127. The van der Waals surface area contributed by atoms with Gasteiger partial charge in [0.05, 0.1) is 13.1 Å². The molecule has 0 aliphatic heterocycles. The van der Waals surface area contributed by atoms with Crippen molar-refractivity contribution in [2.24, 2.45) is 0 Å². The zero-order valence-corrected chi connectivity index (χ0v) is 15.1. The quantitative estimate of drug-likeness (QED) is 0.468. The van der Waals surface area contributed by atoms with Crippen LogP contribution in [0.2, 0.25) is 0 Å². The Labute approximate surface area is 144 Å². The van der Waals surface area contributed by atoms with Crippen molar-refractivity contribution in [2.75, 3.05) is 45.7 Å². The number of nitrogens with one attached hydrogen (secondary N) is 2. The van der Waals surface area contributed by atoms with Crippen LogP contribution in [0.4, 0.5) is 5.69 Å². The van der Waals surface area contributed by atoms with Crippen LogP contribution in [-0.2, 0) is 14.3 Å². The van der Waals surface area contributed by atoms with Crippen LogP contribution < -0.4 is 10.6 Å². The number of rotatable bonds is 9. The Kier molecular flexibility index (Phi) is 9.02. The van der Waals surface area contributed by atoms with Crippen LogP contribution in [0.1, 0.15) is 6.42 Å². The van der Waals surface area contributed by atoms with E-state index in [1.54, 1.807) is 19.1 Å². The highest BCUT2D eigenvalue weighted by Crippen LogP contribution is 2.10. The second kappa shape index (κ2) is 10.5. The third-order valence-corrected chi connectivity index (χ3v) is 3.52. The van der Waals surface area contributed by atoms with E-state index in [4.69, 9.17) is 4.74 Å². The van der Waals surface area contributed by atoms with Crippen LogP contribution in [0.25, 0.3) is 0 Å². The lowest BCUT2D eigenvalue weighted by molar-refractivity contribution is -0.123. The number of hydrogen-bond acceptors (Lipinski definition) is 4. The van der Waals surface area contributed by atoms with Gasteiger partial charge in [-0.2, -0.15) is 0 Å². The fourth-order valence-electron chi connectivity index (χ4n) is 1.78. The molecule has 7 heteroatoms. The summed E-state index contributed by atoms with van der Waals surface area (Å²) in [5, 5.41) is 5.59. The van der Waals surface area contributed by atoms with Gasteiger partial charge in [-0.25, -0.2) is 0 Å². The molecule has 6 nitrogen and oxygen atoms in total. The summed E-state index contributed by atoms with van der Waals surface area (Å²) in [6.45, 7) is 1.55. The number of benzene rings is 1. The number of hydrogen-bond donors (Lipinski definition) is 2. The van der Waals surface area contributed by atoms with Gasteiger partial charge in [0.25, 0.3) is 0 Å². The van der Waals surface area contributed by atoms with Gasteiger partial charge in [0, 0.05) is 29.5 Å². The smallest absolute Gasteiger partial charge is 0.238 e. The van der Waals surface area contributed by atoms with Gasteiger partial charge < -0.3 is 15.4 Å². The Hall–Kier alpha value is -1.19. The van der Waals surface area contributed by atoms with Gasteiger partial charge in [0.1, 0.15) is 0 Å². The molecule has 0 saturated heterocycles. The second-order valence-electron chi connectivity index (χ2n) is 4.92. The minimum absolute atomic E-state index is 0.0966. The molecule has 1 aromatic rings. The van der Waals surface area contributed by atoms with Crippen molar-refractivity contribution in [1.82, 2.24) is 10.2 Å². The van der Waals surface area contributed by atoms with E-state index in [2.05, 4.69) is 33.2 Å². The van der Waals surface area contributed by atoms with E-state index in [-0.39, 0.29) is 24.9 Å². The number of anilines is 1. The molecule has 0 aromatic heterocycles. The van der Waals surface area contributed by atoms with Gasteiger partial charge in [0.2, 0.25) is 11.8 Å². The molecule has 122 valence electrons. The summed E-state index contributed by atoms with van der Waals surface area (Å²) in [4.78, 5) is 25.2. The monoisotopic (exact) mass is 419 g/mol. The van der Waals surface area contributed by atoms with E-state index < -0.39 is 0 Å². The predicted molar refractivity (Wildman–Crippen MR) is 94.8 cm³/mol. The maximum Gasteiger partial charge on any atom is 0.238 e. The minimum Gasteiger partial charge on any atom is -0.385 e. The standard InChI is InChI=1S/C15H22IN3O3/c1-19(10-14(20)17-8-3-9-22-2)11-15(21)18-13-6-4-12(16)5-7-13/h4-7H,3,8-11H2,1-2H3,(H,17,20)(H,18,21). The molecule has 1 rings (SSSR count). The number of methoxy groups -OCH3 is 1. The van der Waals surface area contributed by atoms with Crippen molar-refractivity contribution in [2.45, 2.75) is 6.42 Å². The van der Waals surface area contributed by atoms with Gasteiger partial charge in [-0.3, -0.25) is 14.5 Å². The van der Waals surface area contributed by atoms with E-state index in [1.807, 2.05) is 24.3 Å². The normalized spacial score (nSPS) is 10.5. The zero-order valence-electron chi connectivity index (χ0n) is 12.9. The fraction of sp³-hybridized carbons (Fsp3) is 0.467. The summed E-state index contributed by atoms with van der Waals surface area (Å²) in [7, 11) is 3.37. The van der Waals surface area contributed by atoms with E-state index in [1.165, 1.54) is 0 Å². The highest BCUT2D eigenvalue weighted by molar-refractivity contribution is 14.1. The van der Waals surface area contributed by atoms with Crippen molar-refractivity contribution in [3.8, 4) is 0 Å². The summed E-state index contributed by atoms with van der Waals surface area (Å²) >= 11 is 2.21. The number of halogens is 1. The van der Waals surface area contributed by atoms with Gasteiger partial charge in [-0.1, -0.05) is 0 Å². The zero-order chi connectivity index (χ0) is 16.4. The lowest BCUT2D eigenvalue weighted by atomic mass is 10.3. The molecule has 0 radical (unpaired) electrons. The minimum atomic E-state index is -0.143. The molecular weight excluding hydrogens is 397 g/mol. The molecule has 22 heavy (non-hydrogen) atoms. The fourth-order valence-corrected chi connectivity index (χ4v) is 2.14. The van der Waals surface area contributed by atoms with Gasteiger partial charge in [-0.15, -0.1) is 0 Å². The molecule has 2 N–H and O–H groups in total. The Morgan fingerprint density at radius 3 is 2.45 bits per heavy atom. The average molecular weight is 419 g/mol. The van der Waals surface area contributed by atoms with Crippen LogP contribution in [0.3, 0.4) is 0 Å². The van der Waals surface area contributed by atoms with Gasteiger partial charge in [0.15, 0.2) is 0 Å². The van der Waals surface area contributed by atoms with E-state index in [9.17, 15) is 9.59 Å². The van der Waals surface area contributed by atoms with Crippen molar-refractivity contribution in [1.29, 1.82) is 0 Å². The number of amides is 2. The molecule has 0 unspecified atom stereocenters. The molecule has 0 bridgehead atoms. The SMILES string of the molecule is COCCCNC(=O)CN(C)CC(=O)Nc1ccc(I)cc1. The highest BCUT2D eigenvalue weighted by Gasteiger charge is 2.10. The Balaban J connectivity index is 2.25. The first-order valence-electron chi connectivity index (χ1n) is 7.01. The summed E-state index contributed by atoms with van der Waals surface area (Å²) in [6.07, 6.45) is 0.777. The van der Waals surface area contributed by atoms with Gasteiger partial charge >= 0.3 is 0 Å². The lowest BCUT2D eigenvalue weighted by Gasteiger charge is -2.16. The van der Waals surface area contributed by atoms with Crippen molar-refractivity contribution in [3.63, 3.8) is 0 Å². The average Bonchev–Trinajstić information content (AvgIpc) is 2.46. The Bertz CT molecular complexity index is 479. The Morgan fingerprint density at radius 2 is 1.82 bits per heavy atom. The first kappa shape index (κ1) is 18.9. The number of carbonyl (C=O) groups is 2. The molecule has 1 aromatic carbocycles. The van der Waals surface area contributed by atoms with Crippen LogP contribution >= 0.6 is 22.6 Å². The van der Waals surface area contributed by atoms with Crippen LogP contribution in [0.15, 0.2) is 24.3 Å². The third-order valence-electron chi connectivity index (χ3n) is 2.80. The summed E-state index contributed by atoms with van der Waals surface area (Å²) < 4.78 is 6.02. The van der Waals surface area contributed by atoms with Crippen molar-refractivity contribution >= 4 is 40.1 Å². The van der Waals surface area contributed by atoms with Crippen LogP contribution in [0, 0.1) is 3.57 Å². The maximum absolute atomic E-state index is 11.9. The van der Waals surface area contributed by atoms with Crippen molar-refractivity contribution in [3.05, 3.63) is 27.8 Å². The van der Waals surface area contributed by atoms with E-state index >= 15 is 0 Å². The third kappa shape index (κ3) is 8.30. The molecule has 0 saturated carbocycles. The van der Waals surface area contributed by atoms with E-state index in [0.29, 0.717) is 13.2 Å². The number of nitrogens with zero attached hydrogens (tertiary/aromatic N) is 1. The molecule has 0 aliphatic carbocycles. The predicted octanol–water partition coefficient (Wildman–Crippen LogP) is 1.31. The number of carbonyl (C=O) groups excluding carboxylic acids is 2. The molecular formula is C15H22IN3O3. The molecule has 0 fully saturated rings. The first-order valence-corrected chi connectivity index (χ1v) is 8.08. The molecule has 0 heterocycles. The summed E-state index contributed by atoms with van der Waals surface area (Å²) in [6, 6.07) is 7.55. The van der Waals surface area contributed by atoms with Crippen LogP contribution in [-0.4, -0.2) is 57.1 Å². The molecule has 0 spiro atoms. The lowest BCUT2D eigenvalue weighted by Crippen LogP contribution is -2.39. The number of ether oxygens (including phenoxy) is 1. The molecule has 2 amide bonds. The number of likely N-dealkylation sites (N-methyl/N-ethyl adjacent to an activating group) is 1. The summed E-state index contributed by atoms with van der Waals surface area (Å²) in [5.74, 6) is -0.239. The van der Waals surface area contributed by atoms with Crippen LogP contribution in [0.5, 0.6) is 0 Å². The molecule has 0 atom stereocenters. The van der Waals surface area contributed by atoms with Crippen molar-refractivity contribution < 1.29 is 14.3 Å². The molecule has 0 aliphatic rings. The Morgan fingerprint density at radius 1 is 1.18 bits per heavy atom. The second-order valence-corrected chi connectivity index (χ2v) is 6.17. The topological polar surface area (TPSA) is 70.7 Å². The largest absolute Gasteiger partial charge is 0.385 e. The van der Waals surface area contributed by atoms with Gasteiger partial charge in [-0.05, 0) is 60.3 Å². The summed E-state index contributed by atoms with van der Waals surface area (Å²) in [5.41, 5.74) is 0.753. The first-order chi connectivity index (χ1) is 10.5. The van der Waals surface area contributed by atoms with E-state index in [0.717, 1.165) is 15.7 Å².